The van der Waals surface area contributed by atoms with E-state index < -0.39 is 5.97 Å². The van der Waals surface area contributed by atoms with Gasteiger partial charge in [-0.1, -0.05) is 0 Å². The fraction of sp³-hybridized carbons (Fsp3) is 0.250. The standard InChI is InChI=1S/C16H16N4O4/c1-3-23-15(21)10-20-16(17-18-19-20)14-9-8-13(24-14)11-4-6-12(22-2)7-5-11/h4-9H,3,10H2,1-2H3. The van der Waals surface area contributed by atoms with Crippen molar-refractivity contribution in [2.45, 2.75) is 13.5 Å². The lowest BCUT2D eigenvalue weighted by Crippen LogP contribution is -2.15. The van der Waals surface area contributed by atoms with Crippen molar-refractivity contribution >= 4 is 5.97 Å². The lowest BCUT2D eigenvalue weighted by molar-refractivity contribution is -0.144. The Morgan fingerprint density at radius 1 is 1.17 bits per heavy atom. The third kappa shape index (κ3) is 3.27. The summed E-state index contributed by atoms with van der Waals surface area (Å²) in [5.41, 5.74) is 0.895. The Balaban J connectivity index is 1.83. The number of tetrazole rings is 1. The van der Waals surface area contributed by atoms with E-state index in [-0.39, 0.29) is 6.54 Å². The highest BCUT2D eigenvalue weighted by Gasteiger charge is 2.16. The van der Waals surface area contributed by atoms with Crippen LogP contribution in [-0.2, 0) is 16.1 Å². The van der Waals surface area contributed by atoms with E-state index in [1.54, 1.807) is 20.1 Å². The van der Waals surface area contributed by atoms with Gasteiger partial charge in [-0.05, 0) is 53.7 Å². The molecule has 0 N–H and O–H groups in total. The first-order valence-electron chi connectivity index (χ1n) is 7.37. The molecule has 0 saturated heterocycles. The highest BCUT2D eigenvalue weighted by molar-refractivity contribution is 5.70. The van der Waals surface area contributed by atoms with Crippen molar-refractivity contribution in [2.24, 2.45) is 0 Å². The zero-order chi connectivity index (χ0) is 16.9. The van der Waals surface area contributed by atoms with Crippen LogP contribution in [0.25, 0.3) is 22.9 Å². The van der Waals surface area contributed by atoms with Gasteiger partial charge in [0.15, 0.2) is 5.76 Å². The van der Waals surface area contributed by atoms with E-state index in [4.69, 9.17) is 13.9 Å². The predicted octanol–water partition coefficient (Wildman–Crippen LogP) is 2.17. The minimum atomic E-state index is -0.409. The summed E-state index contributed by atoms with van der Waals surface area (Å²) in [6.07, 6.45) is 0. The molecule has 0 fully saturated rings. The highest BCUT2D eigenvalue weighted by Crippen LogP contribution is 2.28. The molecule has 1 aromatic carbocycles. The maximum Gasteiger partial charge on any atom is 0.327 e. The minimum Gasteiger partial charge on any atom is -0.497 e. The number of carbonyl (C=O) groups excluding carboxylic acids is 1. The van der Waals surface area contributed by atoms with E-state index >= 15 is 0 Å². The third-order valence-corrected chi connectivity index (χ3v) is 3.32. The van der Waals surface area contributed by atoms with Crippen LogP contribution in [0.1, 0.15) is 6.92 Å². The van der Waals surface area contributed by atoms with Crippen LogP contribution in [0.2, 0.25) is 0 Å². The molecule has 0 aliphatic carbocycles. The molecule has 0 spiro atoms. The lowest BCUT2D eigenvalue weighted by Gasteiger charge is -2.03. The summed E-state index contributed by atoms with van der Waals surface area (Å²) in [5.74, 6) is 1.85. The molecule has 24 heavy (non-hydrogen) atoms. The largest absolute Gasteiger partial charge is 0.497 e. The van der Waals surface area contributed by atoms with Gasteiger partial charge in [0.2, 0.25) is 5.82 Å². The van der Waals surface area contributed by atoms with E-state index in [9.17, 15) is 4.79 Å². The van der Waals surface area contributed by atoms with E-state index in [0.717, 1.165) is 11.3 Å². The molecule has 0 aliphatic heterocycles. The number of carbonyl (C=O) groups is 1. The fourth-order valence-electron chi connectivity index (χ4n) is 2.19. The molecular formula is C16H16N4O4. The molecule has 0 atom stereocenters. The van der Waals surface area contributed by atoms with E-state index in [2.05, 4.69) is 15.5 Å². The number of esters is 1. The van der Waals surface area contributed by atoms with Crippen molar-refractivity contribution in [1.29, 1.82) is 0 Å². The van der Waals surface area contributed by atoms with Crippen molar-refractivity contribution in [3.63, 3.8) is 0 Å². The summed E-state index contributed by atoms with van der Waals surface area (Å²) in [6, 6.07) is 11.1. The first kappa shape index (κ1) is 15.7. The zero-order valence-electron chi connectivity index (χ0n) is 13.3. The number of ether oxygens (including phenoxy) is 2. The first-order chi connectivity index (χ1) is 11.7. The van der Waals surface area contributed by atoms with Crippen LogP contribution in [-0.4, -0.2) is 39.9 Å². The second kappa shape index (κ2) is 6.95. The van der Waals surface area contributed by atoms with Crippen LogP contribution in [0.4, 0.5) is 0 Å². The van der Waals surface area contributed by atoms with Gasteiger partial charge in [-0.25, -0.2) is 4.68 Å². The number of rotatable bonds is 6. The van der Waals surface area contributed by atoms with Gasteiger partial charge in [-0.3, -0.25) is 4.79 Å². The van der Waals surface area contributed by atoms with Crippen LogP contribution >= 0.6 is 0 Å². The molecule has 0 bridgehead atoms. The molecule has 2 heterocycles. The Labute approximate surface area is 138 Å². The first-order valence-corrected chi connectivity index (χ1v) is 7.37. The van der Waals surface area contributed by atoms with Gasteiger partial charge in [-0.2, -0.15) is 0 Å². The second-order valence-electron chi connectivity index (χ2n) is 4.86. The SMILES string of the molecule is CCOC(=O)Cn1nnnc1-c1ccc(-c2ccc(OC)cc2)o1. The van der Waals surface area contributed by atoms with Crippen molar-refractivity contribution < 1.29 is 18.7 Å². The van der Waals surface area contributed by atoms with Crippen LogP contribution in [0.3, 0.4) is 0 Å². The smallest absolute Gasteiger partial charge is 0.327 e. The van der Waals surface area contributed by atoms with Gasteiger partial charge in [0.05, 0.1) is 13.7 Å². The second-order valence-corrected chi connectivity index (χ2v) is 4.86. The highest BCUT2D eigenvalue weighted by atomic mass is 16.5. The summed E-state index contributed by atoms with van der Waals surface area (Å²) in [7, 11) is 1.61. The molecule has 0 unspecified atom stereocenters. The van der Waals surface area contributed by atoms with E-state index in [1.165, 1.54) is 4.68 Å². The van der Waals surface area contributed by atoms with E-state index in [0.29, 0.717) is 24.0 Å². The lowest BCUT2D eigenvalue weighted by atomic mass is 10.2. The molecule has 3 aromatic rings. The number of benzene rings is 1. The molecular weight excluding hydrogens is 312 g/mol. The van der Waals surface area contributed by atoms with Gasteiger partial charge in [0, 0.05) is 5.56 Å². The molecule has 124 valence electrons. The molecule has 8 heteroatoms. The average molecular weight is 328 g/mol. The monoisotopic (exact) mass is 328 g/mol. The number of aromatic nitrogens is 4. The maximum atomic E-state index is 11.6. The maximum absolute atomic E-state index is 11.6. The van der Waals surface area contributed by atoms with Crippen molar-refractivity contribution in [3.05, 3.63) is 36.4 Å². The summed E-state index contributed by atoms with van der Waals surface area (Å²) >= 11 is 0. The summed E-state index contributed by atoms with van der Waals surface area (Å²) in [4.78, 5) is 11.6. The molecule has 2 aromatic heterocycles. The van der Waals surface area contributed by atoms with Gasteiger partial charge < -0.3 is 13.9 Å². The van der Waals surface area contributed by atoms with Crippen molar-refractivity contribution in [1.82, 2.24) is 20.2 Å². The quantitative estimate of drug-likeness (QED) is 0.640. The molecule has 0 aliphatic rings. The Bertz CT molecular complexity index is 823. The molecule has 0 amide bonds. The fourth-order valence-corrected chi connectivity index (χ4v) is 2.19. The van der Waals surface area contributed by atoms with Crippen LogP contribution in [0.15, 0.2) is 40.8 Å². The number of furan rings is 1. The molecule has 0 radical (unpaired) electrons. The predicted molar refractivity (Wildman–Crippen MR) is 84.1 cm³/mol. The van der Waals surface area contributed by atoms with Crippen LogP contribution in [0.5, 0.6) is 5.75 Å². The summed E-state index contributed by atoms with van der Waals surface area (Å²) in [5, 5.41) is 11.3. The van der Waals surface area contributed by atoms with Gasteiger partial charge >= 0.3 is 5.97 Å². The Morgan fingerprint density at radius 3 is 2.62 bits per heavy atom. The normalized spacial score (nSPS) is 10.6. The van der Waals surface area contributed by atoms with Crippen molar-refractivity contribution in [3.8, 4) is 28.7 Å². The van der Waals surface area contributed by atoms with Crippen molar-refractivity contribution in [2.75, 3.05) is 13.7 Å². The summed E-state index contributed by atoms with van der Waals surface area (Å²) in [6.45, 7) is 1.97. The summed E-state index contributed by atoms with van der Waals surface area (Å²) < 4.78 is 17.2. The molecule has 0 saturated carbocycles. The minimum absolute atomic E-state index is 0.0747. The van der Waals surface area contributed by atoms with Gasteiger partial charge in [0.1, 0.15) is 18.1 Å². The molecule has 3 rings (SSSR count). The number of methoxy groups -OCH3 is 1. The number of hydrogen-bond donors (Lipinski definition) is 0. The topological polar surface area (TPSA) is 92.3 Å². The van der Waals surface area contributed by atoms with Crippen LogP contribution < -0.4 is 4.74 Å². The average Bonchev–Trinajstić information content (AvgIpc) is 3.24. The molecule has 8 nitrogen and oxygen atoms in total. The Morgan fingerprint density at radius 2 is 1.92 bits per heavy atom. The number of hydrogen-bond acceptors (Lipinski definition) is 7. The number of nitrogens with zero attached hydrogens (tertiary/aromatic N) is 4. The third-order valence-electron chi connectivity index (χ3n) is 3.32. The zero-order valence-corrected chi connectivity index (χ0v) is 13.3. The van der Waals surface area contributed by atoms with Crippen LogP contribution in [0, 0.1) is 0 Å². The van der Waals surface area contributed by atoms with Gasteiger partial charge in [0.25, 0.3) is 0 Å². The Hall–Kier alpha value is -3.16. The Kier molecular flexibility index (Phi) is 4.55. The van der Waals surface area contributed by atoms with E-state index in [1.807, 2.05) is 30.3 Å². The van der Waals surface area contributed by atoms with Gasteiger partial charge in [-0.15, -0.1) is 5.10 Å².